The molecule has 0 spiro atoms. The first-order chi connectivity index (χ1) is 15.8. The molecule has 2 amide bonds. The van der Waals surface area contributed by atoms with Gasteiger partial charge in [0.15, 0.2) is 0 Å². The first kappa shape index (κ1) is 24.9. The van der Waals surface area contributed by atoms with Crippen LogP contribution in [0.5, 0.6) is 0 Å². The van der Waals surface area contributed by atoms with E-state index in [0.29, 0.717) is 16.9 Å². The standard InChI is InChI=1S/C25H26FN3O4S/c1-16-11-12-21(15-22(16)26)34(32,33)29-20-10-5-7-17(13-20)23(30)27-18-8-6-9-19(14-18)28-24(31)25(2,3)4/h5-15,29H,1-4H3,(H,27,30)(H,28,31). The first-order valence-electron chi connectivity index (χ1n) is 10.5. The van der Waals surface area contributed by atoms with Crippen molar-refractivity contribution in [3.8, 4) is 0 Å². The number of aryl methyl sites for hydroxylation is 1. The molecule has 0 saturated heterocycles. The molecule has 0 aliphatic heterocycles. The number of halogens is 1. The molecular weight excluding hydrogens is 457 g/mol. The summed E-state index contributed by atoms with van der Waals surface area (Å²) in [6.45, 7) is 6.93. The Morgan fingerprint density at radius 1 is 0.824 bits per heavy atom. The maximum Gasteiger partial charge on any atom is 0.261 e. The average Bonchev–Trinajstić information content (AvgIpc) is 2.75. The van der Waals surface area contributed by atoms with E-state index in [1.807, 2.05) is 0 Å². The Kier molecular flexibility index (Phi) is 7.07. The Labute approximate surface area is 198 Å². The van der Waals surface area contributed by atoms with E-state index in [9.17, 15) is 22.4 Å². The van der Waals surface area contributed by atoms with Crippen LogP contribution in [0.3, 0.4) is 0 Å². The summed E-state index contributed by atoms with van der Waals surface area (Å²) in [5, 5.41) is 5.53. The van der Waals surface area contributed by atoms with Gasteiger partial charge in [-0.1, -0.05) is 39.0 Å². The second-order valence-corrected chi connectivity index (χ2v) is 10.5. The van der Waals surface area contributed by atoms with E-state index in [4.69, 9.17) is 0 Å². The minimum absolute atomic E-state index is 0.153. The predicted molar refractivity (Wildman–Crippen MR) is 131 cm³/mol. The zero-order chi connectivity index (χ0) is 25.1. The van der Waals surface area contributed by atoms with Gasteiger partial charge in [-0.25, -0.2) is 12.8 Å². The van der Waals surface area contributed by atoms with E-state index in [0.717, 1.165) is 6.07 Å². The third kappa shape index (κ3) is 6.20. The van der Waals surface area contributed by atoms with Crippen molar-refractivity contribution in [3.05, 3.63) is 83.7 Å². The van der Waals surface area contributed by atoms with Gasteiger partial charge in [-0.15, -0.1) is 0 Å². The molecule has 34 heavy (non-hydrogen) atoms. The predicted octanol–water partition coefficient (Wildman–Crippen LogP) is 5.17. The van der Waals surface area contributed by atoms with Crippen LogP contribution in [-0.2, 0) is 14.8 Å². The molecule has 0 aliphatic carbocycles. The number of hydrogen-bond acceptors (Lipinski definition) is 4. The summed E-state index contributed by atoms with van der Waals surface area (Å²) in [5.41, 5.74) is 1.11. The Bertz CT molecular complexity index is 1350. The molecule has 0 heterocycles. The molecule has 0 bridgehead atoms. The summed E-state index contributed by atoms with van der Waals surface area (Å²) in [6.07, 6.45) is 0. The van der Waals surface area contributed by atoms with E-state index < -0.39 is 27.2 Å². The van der Waals surface area contributed by atoms with Crippen LogP contribution < -0.4 is 15.4 Å². The van der Waals surface area contributed by atoms with E-state index >= 15 is 0 Å². The highest BCUT2D eigenvalue weighted by molar-refractivity contribution is 7.92. The van der Waals surface area contributed by atoms with Gasteiger partial charge in [0.05, 0.1) is 4.90 Å². The number of amides is 2. The summed E-state index contributed by atoms with van der Waals surface area (Å²) >= 11 is 0. The van der Waals surface area contributed by atoms with Gasteiger partial charge in [0.1, 0.15) is 5.82 Å². The lowest BCUT2D eigenvalue weighted by molar-refractivity contribution is -0.123. The van der Waals surface area contributed by atoms with Crippen molar-refractivity contribution in [1.29, 1.82) is 0 Å². The van der Waals surface area contributed by atoms with Crippen LogP contribution in [0.25, 0.3) is 0 Å². The van der Waals surface area contributed by atoms with Crippen molar-refractivity contribution in [2.45, 2.75) is 32.6 Å². The molecule has 9 heteroatoms. The van der Waals surface area contributed by atoms with Crippen LogP contribution in [0.15, 0.2) is 71.6 Å². The Morgan fingerprint density at radius 3 is 2.09 bits per heavy atom. The summed E-state index contributed by atoms with van der Waals surface area (Å²) in [6, 6.07) is 16.3. The van der Waals surface area contributed by atoms with Crippen molar-refractivity contribution >= 4 is 38.9 Å². The summed E-state index contributed by atoms with van der Waals surface area (Å²) in [4.78, 5) is 24.7. The van der Waals surface area contributed by atoms with Crippen LogP contribution in [0.1, 0.15) is 36.7 Å². The lowest BCUT2D eigenvalue weighted by Gasteiger charge is -2.18. The number of carbonyl (C=O) groups is 2. The van der Waals surface area contributed by atoms with Gasteiger partial charge in [-0.05, 0) is 61.0 Å². The van der Waals surface area contributed by atoms with Crippen molar-refractivity contribution in [2.75, 3.05) is 15.4 Å². The fourth-order valence-electron chi connectivity index (χ4n) is 2.88. The molecular formula is C25H26FN3O4S. The highest BCUT2D eigenvalue weighted by atomic mass is 32.2. The number of benzene rings is 3. The van der Waals surface area contributed by atoms with Crippen LogP contribution in [0, 0.1) is 18.2 Å². The molecule has 0 aliphatic rings. The van der Waals surface area contributed by atoms with Crippen LogP contribution in [0.4, 0.5) is 21.5 Å². The number of rotatable bonds is 6. The van der Waals surface area contributed by atoms with E-state index in [2.05, 4.69) is 15.4 Å². The summed E-state index contributed by atoms with van der Waals surface area (Å²) in [5.74, 6) is -1.26. The molecule has 0 fully saturated rings. The maximum absolute atomic E-state index is 13.8. The molecule has 0 saturated carbocycles. The minimum Gasteiger partial charge on any atom is -0.326 e. The topological polar surface area (TPSA) is 104 Å². The molecule has 3 aromatic carbocycles. The average molecular weight is 484 g/mol. The minimum atomic E-state index is -4.05. The molecule has 3 rings (SSSR count). The second kappa shape index (κ2) is 9.64. The zero-order valence-electron chi connectivity index (χ0n) is 19.3. The van der Waals surface area contributed by atoms with Crippen molar-refractivity contribution in [3.63, 3.8) is 0 Å². The Balaban J connectivity index is 1.74. The van der Waals surface area contributed by atoms with Crippen molar-refractivity contribution in [2.24, 2.45) is 5.41 Å². The largest absolute Gasteiger partial charge is 0.326 e. The maximum atomic E-state index is 13.8. The van der Waals surface area contributed by atoms with E-state index in [1.54, 1.807) is 45.0 Å². The quantitative estimate of drug-likeness (QED) is 0.450. The van der Waals surface area contributed by atoms with Gasteiger partial charge in [-0.3, -0.25) is 14.3 Å². The molecule has 3 N–H and O–H groups in total. The van der Waals surface area contributed by atoms with Crippen LogP contribution in [0.2, 0.25) is 0 Å². The number of nitrogens with one attached hydrogen (secondary N) is 3. The van der Waals surface area contributed by atoms with Gasteiger partial charge in [0, 0.05) is 28.0 Å². The van der Waals surface area contributed by atoms with Gasteiger partial charge < -0.3 is 10.6 Å². The number of hydrogen-bond donors (Lipinski definition) is 3. The van der Waals surface area contributed by atoms with E-state index in [-0.39, 0.29) is 22.1 Å². The lowest BCUT2D eigenvalue weighted by atomic mass is 9.95. The number of anilines is 3. The zero-order valence-corrected chi connectivity index (χ0v) is 20.1. The third-order valence-electron chi connectivity index (χ3n) is 4.89. The normalized spacial score (nSPS) is 11.6. The molecule has 0 radical (unpaired) electrons. The molecule has 178 valence electrons. The third-order valence-corrected chi connectivity index (χ3v) is 6.27. The smallest absolute Gasteiger partial charge is 0.261 e. The van der Waals surface area contributed by atoms with Gasteiger partial charge in [0.2, 0.25) is 5.91 Å². The molecule has 0 aromatic heterocycles. The summed E-state index contributed by atoms with van der Waals surface area (Å²) < 4.78 is 41.4. The fraction of sp³-hybridized carbons (Fsp3) is 0.200. The SMILES string of the molecule is Cc1ccc(S(=O)(=O)Nc2cccc(C(=O)Nc3cccc(NC(=O)C(C)(C)C)c3)c2)cc1F. The molecule has 0 unspecified atom stereocenters. The number of sulfonamides is 1. The second-order valence-electron chi connectivity index (χ2n) is 8.84. The van der Waals surface area contributed by atoms with Crippen LogP contribution in [-0.4, -0.2) is 20.2 Å². The van der Waals surface area contributed by atoms with Crippen LogP contribution >= 0.6 is 0 Å². The molecule has 0 atom stereocenters. The van der Waals surface area contributed by atoms with Crippen molar-refractivity contribution < 1.29 is 22.4 Å². The van der Waals surface area contributed by atoms with Gasteiger partial charge in [-0.2, -0.15) is 0 Å². The highest BCUT2D eigenvalue weighted by Gasteiger charge is 2.21. The van der Waals surface area contributed by atoms with E-state index in [1.165, 1.54) is 43.3 Å². The highest BCUT2D eigenvalue weighted by Crippen LogP contribution is 2.22. The van der Waals surface area contributed by atoms with Crippen molar-refractivity contribution in [1.82, 2.24) is 0 Å². The monoisotopic (exact) mass is 483 g/mol. The lowest BCUT2D eigenvalue weighted by Crippen LogP contribution is -2.27. The fourth-order valence-corrected chi connectivity index (χ4v) is 3.94. The Morgan fingerprint density at radius 2 is 1.44 bits per heavy atom. The molecule has 3 aromatic rings. The number of carbonyl (C=O) groups excluding carboxylic acids is 2. The van der Waals surface area contributed by atoms with Gasteiger partial charge >= 0.3 is 0 Å². The molecule has 7 nitrogen and oxygen atoms in total. The van der Waals surface area contributed by atoms with Gasteiger partial charge in [0.25, 0.3) is 15.9 Å². The Hall–Kier alpha value is -3.72. The first-order valence-corrected chi connectivity index (χ1v) is 12.0. The summed E-state index contributed by atoms with van der Waals surface area (Å²) in [7, 11) is -4.05.